The summed E-state index contributed by atoms with van der Waals surface area (Å²) in [4.78, 5) is 31.5. The third-order valence-corrected chi connectivity index (χ3v) is 6.46. The summed E-state index contributed by atoms with van der Waals surface area (Å²) in [5, 5.41) is 0. The monoisotopic (exact) mass is 488 g/mol. The van der Waals surface area contributed by atoms with Crippen LogP contribution in [0.15, 0.2) is 81.7 Å². The number of carbonyl (C=O) groups is 1. The normalized spacial score (nSPS) is 15.7. The zero-order valence-electron chi connectivity index (χ0n) is 20.1. The molecule has 0 saturated heterocycles. The predicted molar refractivity (Wildman–Crippen MR) is 139 cm³/mol. The second kappa shape index (κ2) is 11.1. The lowest BCUT2D eigenvalue weighted by Gasteiger charge is -2.21. The molecule has 1 aliphatic rings. The first-order chi connectivity index (χ1) is 17.0. The number of thiazole rings is 1. The van der Waals surface area contributed by atoms with Gasteiger partial charge in [-0.05, 0) is 49.6 Å². The molecule has 1 aliphatic heterocycles. The first-order valence-corrected chi connectivity index (χ1v) is 12.5. The predicted octanol–water partition coefficient (Wildman–Crippen LogP) is 4.25. The van der Waals surface area contributed by atoms with Crippen molar-refractivity contribution in [2.45, 2.75) is 33.2 Å². The molecule has 0 aliphatic carbocycles. The number of esters is 1. The Hall–Kier alpha value is -3.71. The summed E-state index contributed by atoms with van der Waals surface area (Å²) >= 11 is 1.31. The van der Waals surface area contributed by atoms with Crippen molar-refractivity contribution in [2.75, 3.05) is 13.2 Å². The Balaban J connectivity index is 1.78. The van der Waals surface area contributed by atoms with E-state index < -0.39 is 12.0 Å². The Morgan fingerprint density at radius 3 is 2.51 bits per heavy atom. The van der Waals surface area contributed by atoms with Gasteiger partial charge in [-0.1, -0.05) is 72.9 Å². The molecule has 0 fully saturated rings. The molecular formula is C28H28N2O4S. The highest BCUT2D eigenvalue weighted by Gasteiger charge is 2.30. The number of carbonyl (C=O) groups excluding carboxylic acids is 1. The lowest BCUT2D eigenvalue weighted by molar-refractivity contribution is -0.139. The summed E-state index contributed by atoms with van der Waals surface area (Å²) < 4.78 is 13.1. The van der Waals surface area contributed by atoms with Crippen molar-refractivity contribution >= 4 is 29.5 Å². The zero-order chi connectivity index (χ0) is 24.8. The maximum Gasteiger partial charge on any atom is 0.338 e. The van der Waals surface area contributed by atoms with Crippen LogP contribution in [0.25, 0.3) is 12.2 Å². The molecular weight excluding hydrogens is 460 g/mol. The highest BCUT2D eigenvalue weighted by atomic mass is 32.1. The van der Waals surface area contributed by atoms with Gasteiger partial charge in [-0.25, -0.2) is 9.79 Å². The number of allylic oxidation sites excluding steroid dienone is 2. The number of nitrogens with zero attached hydrogens (tertiary/aromatic N) is 2. The molecule has 1 unspecified atom stereocenters. The van der Waals surface area contributed by atoms with E-state index in [2.05, 4.69) is 11.9 Å². The minimum absolute atomic E-state index is 0.197. The molecule has 0 amide bonds. The molecule has 35 heavy (non-hydrogen) atoms. The third-order valence-electron chi connectivity index (χ3n) is 5.48. The number of hydrogen-bond acceptors (Lipinski definition) is 6. The number of hydrogen-bond donors (Lipinski definition) is 0. The lowest BCUT2D eigenvalue weighted by atomic mass is 10.0. The highest BCUT2D eigenvalue weighted by Crippen LogP contribution is 2.26. The van der Waals surface area contributed by atoms with Gasteiger partial charge < -0.3 is 9.47 Å². The van der Waals surface area contributed by atoms with E-state index in [4.69, 9.17) is 9.47 Å². The maximum atomic E-state index is 13.5. The summed E-state index contributed by atoms with van der Waals surface area (Å²) in [5.41, 5.74) is 2.58. The average molecular weight is 489 g/mol. The van der Waals surface area contributed by atoms with Crippen LogP contribution in [0.3, 0.4) is 0 Å². The standard InChI is InChI=1S/C28H28N2O4S/c1-4-17-34-22-14-11-21(12-15-22)18-24-26(31)30-23(16-13-20-9-7-6-8-10-20)25(27(32)33-5-2)19(3)29-28(30)35-24/h6-16,18,23H,4-5,17H2,1-3H3/b16-13+,24-18-. The Kier molecular flexibility index (Phi) is 7.77. The van der Waals surface area contributed by atoms with Gasteiger partial charge in [-0.2, -0.15) is 0 Å². The topological polar surface area (TPSA) is 69.9 Å². The van der Waals surface area contributed by atoms with E-state index in [1.165, 1.54) is 11.3 Å². The van der Waals surface area contributed by atoms with E-state index in [0.717, 1.165) is 23.3 Å². The molecule has 3 aromatic rings. The van der Waals surface area contributed by atoms with Gasteiger partial charge in [0, 0.05) is 0 Å². The van der Waals surface area contributed by atoms with Crippen LogP contribution in [0.1, 0.15) is 44.4 Å². The molecule has 2 heterocycles. The number of ether oxygens (including phenoxy) is 2. The molecule has 1 atom stereocenters. The van der Waals surface area contributed by atoms with Crippen LogP contribution in [0.4, 0.5) is 0 Å². The first-order valence-electron chi connectivity index (χ1n) is 11.7. The molecule has 7 heteroatoms. The summed E-state index contributed by atoms with van der Waals surface area (Å²) in [6, 6.07) is 16.8. The number of aromatic nitrogens is 1. The van der Waals surface area contributed by atoms with Gasteiger partial charge >= 0.3 is 5.97 Å². The molecule has 2 aromatic carbocycles. The van der Waals surface area contributed by atoms with E-state index >= 15 is 0 Å². The van der Waals surface area contributed by atoms with Crippen LogP contribution in [0, 0.1) is 0 Å². The molecule has 4 rings (SSSR count). The average Bonchev–Trinajstić information content (AvgIpc) is 3.17. The minimum Gasteiger partial charge on any atom is -0.494 e. The van der Waals surface area contributed by atoms with Crippen LogP contribution < -0.4 is 19.6 Å². The Morgan fingerprint density at radius 2 is 1.83 bits per heavy atom. The van der Waals surface area contributed by atoms with Gasteiger partial charge in [0.15, 0.2) is 4.80 Å². The van der Waals surface area contributed by atoms with Gasteiger partial charge in [0.25, 0.3) is 5.56 Å². The number of fused-ring (bicyclic) bond motifs is 1. The lowest BCUT2D eigenvalue weighted by Crippen LogP contribution is -2.38. The highest BCUT2D eigenvalue weighted by molar-refractivity contribution is 7.07. The van der Waals surface area contributed by atoms with Crippen molar-refractivity contribution in [2.24, 2.45) is 4.99 Å². The second-order valence-corrected chi connectivity index (χ2v) is 9.04. The fourth-order valence-corrected chi connectivity index (χ4v) is 4.87. The van der Waals surface area contributed by atoms with Crippen molar-refractivity contribution in [3.05, 3.63) is 103 Å². The fraction of sp³-hybridized carbons (Fsp3) is 0.250. The quantitative estimate of drug-likeness (QED) is 0.445. The Morgan fingerprint density at radius 1 is 1.09 bits per heavy atom. The van der Waals surface area contributed by atoms with E-state index in [1.54, 1.807) is 18.4 Å². The van der Waals surface area contributed by atoms with E-state index in [0.29, 0.717) is 27.2 Å². The van der Waals surface area contributed by atoms with Crippen LogP contribution in [-0.4, -0.2) is 23.8 Å². The first kappa shape index (κ1) is 24.4. The van der Waals surface area contributed by atoms with Crippen LogP contribution in [0.2, 0.25) is 0 Å². The number of benzene rings is 2. The van der Waals surface area contributed by atoms with Gasteiger partial charge in [-0.15, -0.1) is 0 Å². The van der Waals surface area contributed by atoms with Crippen molar-refractivity contribution in [3.63, 3.8) is 0 Å². The summed E-state index contributed by atoms with van der Waals surface area (Å²) in [7, 11) is 0. The molecule has 1 aromatic heterocycles. The SMILES string of the molecule is CCCOc1ccc(/C=c2\sc3n(c2=O)C(/C=C/c2ccccc2)C(C(=O)OCC)=C(C)N=3)cc1. The van der Waals surface area contributed by atoms with Crippen molar-refractivity contribution in [3.8, 4) is 5.75 Å². The van der Waals surface area contributed by atoms with Gasteiger partial charge in [0.1, 0.15) is 5.75 Å². The molecule has 6 nitrogen and oxygen atoms in total. The van der Waals surface area contributed by atoms with Crippen LogP contribution >= 0.6 is 11.3 Å². The largest absolute Gasteiger partial charge is 0.494 e. The fourth-order valence-electron chi connectivity index (χ4n) is 3.81. The van der Waals surface area contributed by atoms with Gasteiger partial charge in [0.2, 0.25) is 0 Å². The maximum absolute atomic E-state index is 13.5. The molecule has 0 saturated carbocycles. The van der Waals surface area contributed by atoms with E-state index in [1.807, 2.05) is 72.8 Å². The van der Waals surface area contributed by atoms with Crippen molar-refractivity contribution in [1.29, 1.82) is 0 Å². The van der Waals surface area contributed by atoms with Crippen molar-refractivity contribution in [1.82, 2.24) is 4.57 Å². The minimum atomic E-state index is -0.613. The van der Waals surface area contributed by atoms with Crippen LogP contribution in [-0.2, 0) is 9.53 Å². The number of rotatable bonds is 8. The molecule has 0 spiro atoms. The Labute approximate surface area is 208 Å². The molecule has 180 valence electrons. The molecule has 0 N–H and O–H groups in total. The van der Waals surface area contributed by atoms with Gasteiger partial charge in [-0.3, -0.25) is 9.36 Å². The summed E-state index contributed by atoms with van der Waals surface area (Å²) in [6.45, 7) is 6.51. The summed E-state index contributed by atoms with van der Waals surface area (Å²) in [6.07, 6.45) is 6.56. The molecule has 0 radical (unpaired) electrons. The zero-order valence-corrected chi connectivity index (χ0v) is 20.9. The third kappa shape index (κ3) is 5.52. The smallest absolute Gasteiger partial charge is 0.338 e. The van der Waals surface area contributed by atoms with E-state index in [9.17, 15) is 9.59 Å². The second-order valence-electron chi connectivity index (χ2n) is 8.03. The molecule has 0 bridgehead atoms. The van der Waals surface area contributed by atoms with Crippen LogP contribution in [0.5, 0.6) is 5.75 Å². The van der Waals surface area contributed by atoms with Gasteiger partial charge in [0.05, 0.1) is 35.1 Å². The van der Waals surface area contributed by atoms with E-state index in [-0.39, 0.29) is 12.2 Å². The Bertz CT molecular complexity index is 1430. The summed E-state index contributed by atoms with van der Waals surface area (Å²) in [5.74, 6) is 0.333. The van der Waals surface area contributed by atoms with Crippen molar-refractivity contribution < 1.29 is 14.3 Å².